The zero-order chi connectivity index (χ0) is 34.9. The molecule has 0 aromatic heterocycles. The summed E-state index contributed by atoms with van der Waals surface area (Å²) in [4.78, 5) is 35.9. The molecular weight excluding hydrogens is 704 g/mol. The number of Topliss-reactive ketones (excluding diaryl/α,β-unsaturated/α-hetero) is 3. The van der Waals surface area contributed by atoms with E-state index in [1.54, 1.807) is 20.8 Å². The largest absolute Gasteiger partial charge is 3.00 e. The van der Waals surface area contributed by atoms with Gasteiger partial charge in [-0.25, -0.2) is 25.3 Å². The molecule has 0 heterocycles. The number of rotatable bonds is 3. The Bertz CT molecular complexity index is 1470. The summed E-state index contributed by atoms with van der Waals surface area (Å²) in [5.74, 6) is -1.97. The van der Waals surface area contributed by atoms with Gasteiger partial charge in [0.15, 0.2) is 17.3 Å². The first kappa shape index (κ1) is 39.7. The molecule has 0 spiro atoms. The fourth-order valence-corrected chi connectivity index (χ4v) is 14.2. The van der Waals surface area contributed by atoms with Crippen LogP contribution in [0.1, 0.15) is 101 Å². The number of fused-ring (bicyclic) bond motifs is 6. The monoisotopic (exact) mass is 749 g/mol. The zero-order valence-corrected chi connectivity index (χ0v) is 31.2. The van der Waals surface area contributed by atoms with Gasteiger partial charge >= 0.3 is 17.1 Å². The Balaban J connectivity index is 0.000000186. The Kier molecular flexibility index (Phi) is 9.61. The summed E-state index contributed by atoms with van der Waals surface area (Å²) in [5.41, 5.74) is -2.98. The molecule has 0 aromatic rings. The van der Waals surface area contributed by atoms with Gasteiger partial charge in [0, 0.05) is 16.2 Å². The number of carbonyl (C=O) groups excluding carboxylic acids is 3. The van der Waals surface area contributed by atoms with Crippen molar-refractivity contribution in [1.82, 2.24) is 0 Å². The summed E-state index contributed by atoms with van der Waals surface area (Å²) in [6.07, 6.45) is 4.12. The van der Waals surface area contributed by atoms with Crippen LogP contribution in [-0.2, 0) is 61.8 Å². The van der Waals surface area contributed by atoms with Crippen molar-refractivity contribution in [2.24, 2.45) is 50.2 Å². The van der Waals surface area contributed by atoms with Crippen LogP contribution < -0.4 is 0 Å². The fraction of sp³-hybridized carbons (Fsp3) is 0.900. The summed E-state index contributed by atoms with van der Waals surface area (Å²) in [6.45, 7) is 16.8. The van der Waals surface area contributed by atoms with E-state index in [0.717, 1.165) is 0 Å². The molecule has 6 fully saturated rings. The van der Waals surface area contributed by atoms with Gasteiger partial charge in [-0.1, -0.05) is 62.3 Å². The first-order valence-corrected chi connectivity index (χ1v) is 19.8. The van der Waals surface area contributed by atoms with E-state index in [4.69, 9.17) is 0 Å². The molecule has 6 aliphatic rings. The third-order valence-electron chi connectivity index (χ3n) is 14.3. The van der Waals surface area contributed by atoms with Gasteiger partial charge in [0.25, 0.3) is 0 Å². The Morgan fingerprint density at radius 1 is 0.457 bits per heavy atom. The molecule has 9 unspecified atom stereocenters. The third-order valence-corrected chi connectivity index (χ3v) is 17.8. The maximum Gasteiger partial charge on any atom is 3.00 e. The number of ketones is 3. The van der Waals surface area contributed by atoms with Crippen LogP contribution in [-0.4, -0.2) is 72.0 Å². The van der Waals surface area contributed by atoms with E-state index in [1.165, 1.54) is 0 Å². The normalized spacial score (nSPS) is 42.7. The van der Waals surface area contributed by atoms with E-state index in [0.29, 0.717) is 38.5 Å². The van der Waals surface area contributed by atoms with E-state index in [2.05, 4.69) is 0 Å². The first-order valence-electron chi connectivity index (χ1n) is 15.3. The molecule has 12 nitrogen and oxygen atoms in total. The summed E-state index contributed by atoms with van der Waals surface area (Å²) in [5, 5.41) is -3.90. The van der Waals surface area contributed by atoms with Gasteiger partial charge in [-0.3, -0.25) is 14.4 Å². The average molecular weight is 750 g/mol. The molecule has 46 heavy (non-hydrogen) atoms. The maximum atomic E-state index is 12.0. The summed E-state index contributed by atoms with van der Waals surface area (Å²) < 4.78 is 99.8. The second-order valence-corrected chi connectivity index (χ2v) is 20.9. The average Bonchev–Trinajstić information content (AvgIpc) is 3.46. The Labute approximate surface area is 283 Å². The van der Waals surface area contributed by atoms with Crippen LogP contribution in [0.4, 0.5) is 0 Å². The van der Waals surface area contributed by atoms with Gasteiger partial charge in [-0.2, -0.15) is 0 Å². The van der Waals surface area contributed by atoms with Crippen LogP contribution in [0.5, 0.6) is 0 Å². The number of hydrogen-bond donors (Lipinski definition) is 0. The van der Waals surface area contributed by atoms with Gasteiger partial charge in [0.05, 0.1) is 0 Å². The molecule has 16 heteroatoms. The van der Waals surface area contributed by atoms with Crippen molar-refractivity contribution in [3.05, 3.63) is 0 Å². The van der Waals surface area contributed by atoms with Crippen LogP contribution in [0.25, 0.3) is 0 Å². The first-order chi connectivity index (χ1) is 19.9. The molecule has 6 saturated carbocycles. The zero-order valence-electron chi connectivity index (χ0n) is 27.7. The van der Waals surface area contributed by atoms with Crippen molar-refractivity contribution in [3.8, 4) is 0 Å². The molecule has 6 rings (SSSR count). The van der Waals surface area contributed by atoms with Crippen LogP contribution in [0, 0.1) is 50.2 Å². The van der Waals surface area contributed by atoms with E-state index in [1.807, 2.05) is 41.5 Å². The molecule has 6 aliphatic carbocycles. The smallest absolute Gasteiger partial charge is 0.747 e. The topological polar surface area (TPSA) is 223 Å². The van der Waals surface area contributed by atoms with Gasteiger partial charge in [0.2, 0.25) is 0 Å². The van der Waals surface area contributed by atoms with Crippen molar-refractivity contribution >= 4 is 47.7 Å². The number of carbonyl (C=O) groups is 3. The minimum atomic E-state index is -4.49. The van der Waals surface area contributed by atoms with E-state index < -0.39 is 62.3 Å². The fourth-order valence-electron chi connectivity index (χ4n) is 10.0. The number of hydrogen-bond acceptors (Lipinski definition) is 12. The molecular formula is C30H45FeO12S3. The third kappa shape index (κ3) is 5.17. The maximum absolute atomic E-state index is 12.0. The van der Waals surface area contributed by atoms with Gasteiger partial charge < -0.3 is 13.7 Å². The SMILES string of the molecule is CC12CCC(C(S(=O)(=O)[O-])C1=O)C2(C)C.CC12CCC(C(S(=O)(=O)[O-])C1=O)C2(C)C.CC12CCC(C(S(=O)(=O)[O-])C1=O)C2(C)C.[Fe+3]. The van der Waals surface area contributed by atoms with Gasteiger partial charge in [0.1, 0.15) is 46.1 Å². The minimum absolute atomic E-state index is 0. The van der Waals surface area contributed by atoms with Crippen molar-refractivity contribution in [3.63, 3.8) is 0 Å². The second kappa shape index (κ2) is 11.1. The Hall–Kier alpha value is -0.741. The molecule has 1 radical (unpaired) electrons. The van der Waals surface area contributed by atoms with Crippen molar-refractivity contribution < 1.29 is 70.4 Å². The molecule has 9 atom stereocenters. The second-order valence-electron chi connectivity index (χ2n) is 16.4. The summed E-state index contributed by atoms with van der Waals surface area (Å²) in [7, 11) is -13.5. The molecule has 6 bridgehead atoms. The molecule has 0 aromatic carbocycles. The van der Waals surface area contributed by atoms with Gasteiger partial charge in [-0.05, 0) is 72.5 Å². The summed E-state index contributed by atoms with van der Waals surface area (Å²) >= 11 is 0. The molecule has 0 saturated heterocycles. The van der Waals surface area contributed by atoms with E-state index in [-0.39, 0.29) is 68.4 Å². The standard InChI is InChI=1S/3C10H16O4S.Fe/c3*1-9(2)6-4-5-10(9,3)8(11)7(6)15(12,13)14;/h3*6-7H,4-5H2,1-3H3,(H,12,13,14);/q;;;+3/p-3. The quantitative estimate of drug-likeness (QED) is 0.300. The van der Waals surface area contributed by atoms with Crippen LogP contribution in [0.3, 0.4) is 0 Å². The van der Waals surface area contributed by atoms with Crippen LogP contribution >= 0.6 is 0 Å². The predicted molar refractivity (Wildman–Crippen MR) is 159 cm³/mol. The molecule has 0 aliphatic heterocycles. The van der Waals surface area contributed by atoms with Crippen LogP contribution in [0.15, 0.2) is 0 Å². The predicted octanol–water partition coefficient (Wildman–Crippen LogP) is 2.77. The summed E-state index contributed by atoms with van der Waals surface area (Å²) in [6, 6.07) is 0. The Morgan fingerprint density at radius 2 is 0.630 bits per heavy atom. The van der Waals surface area contributed by atoms with Crippen molar-refractivity contribution in [2.75, 3.05) is 0 Å². The van der Waals surface area contributed by atoms with Gasteiger partial charge in [-0.15, -0.1) is 0 Å². The van der Waals surface area contributed by atoms with Crippen molar-refractivity contribution in [2.45, 2.75) is 117 Å². The van der Waals surface area contributed by atoms with E-state index >= 15 is 0 Å². The minimum Gasteiger partial charge on any atom is -0.747 e. The molecule has 0 N–H and O–H groups in total. The van der Waals surface area contributed by atoms with E-state index in [9.17, 15) is 53.3 Å². The Morgan fingerprint density at radius 3 is 0.717 bits per heavy atom. The van der Waals surface area contributed by atoms with Crippen LogP contribution in [0.2, 0.25) is 0 Å². The molecule has 263 valence electrons. The molecule has 0 amide bonds. The van der Waals surface area contributed by atoms with Crippen molar-refractivity contribution in [1.29, 1.82) is 0 Å².